The summed E-state index contributed by atoms with van der Waals surface area (Å²) >= 11 is 0. The van der Waals surface area contributed by atoms with Crippen molar-refractivity contribution >= 4 is 5.69 Å². The molecule has 4 heteroatoms. The van der Waals surface area contributed by atoms with Crippen LogP contribution in [0.25, 0.3) is 0 Å². The van der Waals surface area contributed by atoms with Crippen LogP contribution in [-0.2, 0) is 13.6 Å². The Balaban J connectivity index is 2.02. The number of anilines is 1. The summed E-state index contributed by atoms with van der Waals surface area (Å²) in [7, 11) is 1.96. The van der Waals surface area contributed by atoms with Gasteiger partial charge in [-0.15, -0.1) is 0 Å². The Morgan fingerprint density at radius 2 is 1.90 bits per heavy atom. The number of hydrogen-bond donors (Lipinski definition) is 1. The van der Waals surface area contributed by atoms with Gasteiger partial charge in [-0.1, -0.05) is 37.1 Å². The second-order valence-corrected chi connectivity index (χ2v) is 6.09. The van der Waals surface area contributed by atoms with Crippen molar-refractivity contribution in [2.75, 3.05) is 5.73 Å². The van der Waals surface area contributed by atoms with E-state index in [9.17, 15) is 4.79 Å². The van der Waals surface area contributed by atoms with Gasteiger partial charge < -0.3 is 5.73 Å². The summed E-state index contributed by atoms with van der Waals surface area (Å²) in [5.74, 6) is 0.445. The summed E-state index contributed by atoms with van der Waals surface area (Å²) in [6.07, 6.45) is 4.76. The summed E-state index contributed by atoms with van der Waals surface area (Å²) in [5.41, 5.74) is 9.91. The van der Waals surface area contributed by atoms with Crippen molar-refractivity contribution in [3.8, 4) is 0 Å². The van der Waals surface area contributed by atoms with Gasteiger partial charge in [0.05, 0.1) is 12.2 Å². The van der Waals surface area contributed by atoms with E-state index >= 15 is 0 Å². The lowest BCUT2D eigenvalue weighted by molar-refractivity contribution is 0.497. The molecule has 0 saturated heterocycles. The van der Waals surface area contributed by atoms with E-state index in [2.05, 4.69) is 19.1 Å². The molecule has 4 nitrogen and oxygen atoms in total. The van der Waals surface area contributed by atoms with Crippen molar-refractivity contribution in [1.29, 1.82) is 0 Å². The third-order valence-corrected chi connectivity index (χ3v) is 4.77. The fourth-order valence-corrected chi connectivity index (χ4v) is 3.50. The third-order valence-electron chi connectivity index (χ3n) is 4.77. The molecule has 3 rings (SSSR count). The van der Waals surface area contributed by atoms with Crippen molar-refractivity contribution in [2.24, 2.45) is 7.05 Å². The van der Waals surface area contributed by atoms with E-state index in [0.717, 1.165) is 24.1 Å². The zero-order valence-corrected chi connectivity index (χ0v) is 12.8. The van der Waals surface area contributed by atoms with Crippen LogP contribution in [0.1, 0.15) is 48.4 Å². The molecule has 1 aliphatic carbocycles. The lowest BCUT2D eigenvalue weighted by Gasteiger charge is -2.15. The van der Waals surface area contributed by atoms with Gasteiger partial charge in [0.2, 0.25) is 0 Å². The minimum Gasteiger partial charge on any atom is -0.393 e. The Kier molecular flexibility index (Phi) is 3.62. The Bertz CT molecular complexity index is 705. The van der Waals surface area contributed by atoms with Crippen molar-refractivity contribution in [3.05, 3.63) is 51.4 Å². The molecule has 1 aromatic heterocycles. The highest BCUT2D eigenvalue weighted by molar-refractivity contribution is 5.44. The van der Waals surface area contributed by atoms with E-state index in [0.29, 0.717) is 18.2 Å². The van der Waals surface area contributed by atoms with Crippen molar-refractivity contribution < 1.29 is 0 Å². The van der Waals surface area contributed by atoms with Gasteiger partial charge in [0.25, 0.3) is 5.56 Å². The summed E-state index contributed by atoms with van der Waals surface area (Å²) in [5, 5.41) is 0. The fourth-order valence-electron chi connectivity index (χ4n) is 3.50. The molecular formula is C17H23N3O. The standard InChI is InChI=1S/C17H23N3O/c1-12-7-3-4-10-14(12)11-20-17(21)15(18)16(19(20)2)13-8-5-6-9-13/h3-4,7,10,13H,5-6,8-9,11,18H2,1-2H3. The van der Waals surface area contributed by atoms with Gasteiger partial charge >= 0.3 is 0 Å². The number of aromatic nitrogens is 2. The monoisotopic (exact) mass is 285 g/mol. The first kappa shape index (κ1) is 14.0. The summed E-state index contributed by atoms with van der Waals surface area (Å²) in [6, 6.07) is 8.17. The minimum absolute atomic E-state index is 0.0531. The maximum absolute atomic E-state index is 12.5. The molecule has 1 heterocycles. The van der Waals surface area contributed by atoms with Crippen LogP contribution < -0.4 is 11.3 Å². The van der Waals surface area contributed by atoms with E-state index in [-0.39, 0.29) is 5.56 Å². The first-order valence-electron chi connectivity index (χ1n) is 7.69. The van der Waals surface area contributed by atoms with Crippen LogP contribution >= 0.6 is 0 Å². The highest BCUT2D eigenvalue weighted by atomic mass is 16.1. The average Bonchev–Trinajstić information content (AvgIpc) is 3.05. The van der Waals surface area contributed by atoms with Gasteiger partial charge in [-0.05, 0) is 30.9 Å². The molecule has 0 amide bonds. The van der Waals surface area contributed by atoms with Gasteiger partial charge in [-0.3, -0.25) is 9.48 Å². The molecule has 112 valence electrons. The topological polar surface area (TPSA) is 52.9 Å². The Labute approximate surface area is 125 Å². The third kappa shape index (κ3) is 2.39. The van der Waals surface area contributed by atoms with Gasteiger partial charge in [-0.2, -0.15) is 0 Å². The number of hydrogen-bond acceptors (Lipinski definition) is 2. The van der Waals surface area contributed by atoms with Crippen molar-refractivity contribution in [2.45, 2.75) is 45.1 Å². The molecule has 1 fully saturated rings. The molecule has 1 aromatic carbocycles. The molecule has 1 saturated carbocycles. The van der Waals surface area contributed by atoms with Crippen LogP contribution in [0.3, 0.4) is 0 Å². The molecule has 0 radical (unpaired) electrons. The normalized spacial score (nSPS) is 15.7. The highest BCUT2D eigenvalue weighted by Gasteiger charge is 2.26. The van der Waals surface area contributed by atoms with Gasteiger partial charge in [-0.25, -0.2) is 4.68 Å². The SMILES string of the molecule is Cc1ccccc1Cn1c(=O)c(N)c(C2CCCC2)n1C. The highest BCUT2D eigenvalue weighted by Crippen LogP contribution is 2.35. The van der Waals surface area contributed by atoms with E-state index in [1.165, 1.54) is 18.4 Å². The maximum atomic E-state index is 12.5. The first-order valence-corrected chi connectivity index (χ1v) is 7.69. The van der Waals surface area contributed by atoms with Gasteiger partial charge in [0.15, 0.2) is 0 Å². The smallest absolute Gasteiger partial charge is 0.290 e. The molecule has 0 spiro atoms. The minimum atomic E-state index is -0.0531. The molecule has 0 bridgehead atoms. The lowest BCUT2D eigenvalue weighted by Crippen LogP contribution is -2.23. The molecule has 2 aromatic rings. The predicted octanol–water partition coefficient (Wildman–Crippen LogP) is 2.78. The number of nitrogen functional groups attached to an aromatic ring is 1. The van der Waals surface area contributed by atoms with E-state index in [4.69, 9.17) is 5.73 Å². The molecular weight excluding hydrogens is 262 g/mol. The van der Waals surface area contributed by atoms with Crippen LogP contribution in [0.5, 0.6) is 0 Å². The van der Waals surface area contributed by atoms with Crippen LogP contribution in [0.4, 0.5) is 5.69 Å². The Morgan fingerprint density at radius 3 is 2.57 bits per heavy atom. The maximum Gasteiger partial charge on any atom is 0.290 e. The van der Waals surface area contributed by atoms with Crippen LogP contribution in [0, 0.1) is 6.92 Å². The van der Waals surface area contributed by atoms with Crippen molar-refractivity contribution in [1.82, 2.24) is 9.36 Å². The second kappa shape index (κ2) is 5.43. The number of rotatable bonds is 3. The zero-order valence-electron chi connectivity index (χ0n) is 12.8. The average molecular weight is 285 g/mol. The van der Waals surface area contributed by atoms with Crippen LogP contribution in [-0.4, -0.2) is 9.36 Å². The van der Waals surface area contributed by atoms with E-state index in [1.54, 1.807) is 4.68 Å². The zero-order chi connectivity index (χ0) is 15.0. The van der Waals surface area contributed by atoms with Gasteiger partial charge in [0, 0.05) is 13.0 Å². The number of nitrogens with zero attached hydrogens (tertiary/aromatic N) is 2. The predicted molar refractivity (Wildman–Crippen MR) is 85.6 cm³/mol. The molecule has 1 aliphatic rings. The largest absolute Gasteiger partial charge is 0.393 e. The number of benzene rings is 1. The Hall–Kier alpha value is -1.97. The number of nitrogens with two attached hydrogens (primary N) is 1. The first-order chi connectivity index (χ1) is 10.1. The fraction of sp³-hybridized carbons (Fsp3) is 0.471. The number of aryl methyl sites for hydroxylation is 1. The molecule has 0 unspecified atom stereocenters. The van der Waals surface area contributed by atoms with E-state index in [1.807, 2.05) is 23.9 Å². The summed E-state index contributed by atoms with van der Waals surface area (Å²) in [4.78, 5) is 12.5. The quantitative estimate of drug-likeness (QED) is 0.942. The lowest BCUT2D eigenvalue weighted by atomic mass is 10.0. The summed E-state index contributed by atoms with van der Waals surface area (Å²) < 4.78 is 3.76. The Morgan fingerprint density at radius 1 is 1.24 bits per heavy atom. The second-order valence-electron chi connectivity index (χ2n) is 6.09. The summed E-state index contributed by atoms with van der Waals surface area (Å²) in [6.45, 7) is 2.66. The molecule has 2 N–H and O–H groups in total. The molecule has 21 heavy (non-hydrogen) atoms. The molecule has 0 atom stereocenters. The van der Waals surface area contributed by atoms with Gasteiger partial charge in [0.1, 0.15) is 5.69 Å². The van der Waals surface area contributed by atoms with E-state index < -0.39 is 0 Å². The van der Waals surface area contributed by atoms with Crippen molar-refractivity contribution in [3.63, 3.8) is 0 Å². The van der Waals surface area contributed by atoms with Crippen LogP contribution in [0.2, 0.25) is 0 Å². The molecule has 0 aliphatic heterocycles. The van der Waals surface area contributed by atoms with Crippen LogP contribution in [0.15, 0.2) is 29.1 Å².